The average Bonchev–Trinajstić information content (AvgIpc) is 2.27. The largest absolute Gasteiger partial charge is 0.368 e. The number of nitrogen functional groups attached to an aromatic ring is 1. The molecule has 2 aromatic rings. The SMILES string of the molecule is Cc1cc(N(C)Cc2cccc(F)c2)nc(N)n1. The van der Waals surface area contributed by atoms with Gasteiger partial charge in [-0.3, -0.25) is 0 Å². The van der Waals surface area contributed by atoms with E-state index in [0.717, 1.165) is 17.1 Å². The van der Waals surface area contributed by atoms with Crippen LogP contribution in [0.15, 0.2) is 30.3 Å². The number of halogens is 1. The number of nitrogens with two attached hydrogens (primary N) is 1. The lowest BCUT2D eigenvalue weighted by atomic mass is 10.2. The minimum atomic E-state index is -0.237. The molecule has 0 atom stereocenters. The number of benzene rings is 1. The fourth-order valence-electron chi connectivity index (χ4n) is 1.76. The Morgan fingerprint density at radius 3 is 2.72 bits per heavy atom. The first-order valence-electron chi connectivity index (χ1n) is 5.61. The summed E-state index contributed by atoms with van der Waals surface area (Å²) >= 11 is 0. The van der Waals surface area contributed by atoms with E-state index in [1.807, 2.05) is 31.0 Å². The Morgan fingerprint density at radius 2 is 2.06 bits per heavy atom. The van der Waals surface area contributed by atoms with E-state index in [9.17, 15) is 4.39 Å². The van der Waals surface area contributed by atoms with Crippen molar-refractivity contribution >= 4 is 11.8 Å². The van der Waals surface area contributed by atoms with Gasteiger partial charge in [0.2, 0.25) is 5.95 Å². The van der Waals surface area contributed by atoms with Crippen LogP contribution in [0.3, 0.4) is 0 Å². The van der Waals surface area contributed by atoms with Gasteiger partial charge < -0.3 is 10.6 Å². The normalized spacial score (nSPS) is 10.4. The van der Waals surface area contributed by atoms with Gasteiger partial charge >= 0.3 is 0 Å². The Labute approximate surface area is 105 Å². The fraction of sp³-hybridized carbons (Fsp3) is 0.231. The number of hydrogen-bond acceptors (Lipinski definition) is 4. The molecule has 0 radical (unpaired) electrons. The molecule has 4 nitrogen and oxygen atoms in total. The first kappa shape index (κ1) is 12.3. The topological polar surface area (TPSA) is 55.0 Å². The smallest absolute Gasteiger partial charge is 0.222 e. The summed E-state index contributed by atoms with van der Waals surface area (Å²) < 4.78 is 13.1. The Bertz CT molecular complexity index is 536. The van der Waals surface area contributed by atoms with Gasteiger partial charge in [-0.2, -0.15) is 4.98 Å². The second-order valence-corrected chi connectivity index (χ2v) is 4.21. The highest BCUT2D eigenvalue weighted by Crippen LogP contribution is 2.15. The Hall–Kier alpha value is -2.17. The standard InChI is InChI=1S/C13H15FN4/c1-9-6-12(17-13(15)16-9)18(2)8-10-4-3-5-11(14)7-10/h3-7H,8H2,1-2H3,(H2,15,16,17). The lowest BCUT2D eigenvalue weighted by molar-refractivity contribution is 0.625. The van der Waals surface area contributed by atoms with Crippen LogP contribution in [-0.2, 0) is 6.54 Å². The van der Waals surface area contributed by atoms with Crippen LogP contribution in [0.5, 0.6) is 0 Å². The van der Waals surface area contributed by atoms with E-state index in [-0.39, 0.29) is 11.8 Å². The number of aromatic nitrogens is 2. The maximum atomic E-state index is 13.1. The lowest BCUT2D eigenvalue weighted by Gasteiger charge is -2.18. The Morgan fingerprint density at radius 1 is 1.28 bits per heavy atom. The first-order chi connectivity index (χ1) is 8.54. The molecule has 0 spiro atoms. The van der Waals surface area contributed by atoms with Gasteiger partial charge in [0, 0.05) is 25.4 Å². The van der Waals surface area contributed by atoms with Gasteiger partial charge in [-0.25, -0.2) is 9.37 Å². The van der Waals surface area contributed by atoms with E-state index < -0.39 is 0 Å². The number of nitrogens with zero attached hydrogens (tertiary/aromatic N) is 3. The molecule has 2 rings (SSSR count). The minimum absolute atomic E-state index is 0.237. The van der Waals surface area contributed by atoms with Gasteiger partial charge in [-0.05, 0) is 24.6 Å². The van der Waals surface area contributed by atoms with Crippen molar-refractivity contribution in [2.24, 2.45) is 0 Å². The summed E-state index contributed by atoms with van der Waals surface area (Å²) in [7, 11) is 1.88. The van der Waals surface area contributed by atoms with Crippen LogP contribution in [0, 0.1) is 12.7 Å². The molecule has 1 aromatic carbocycles. The van der Waals surface area contributed by atoms with Crippen molar-refractivity contribution in [3.63, 3.8) is 0 Å². The van der Waals surface area contributed by atoms with Crippen molar-refractivity contribution < 1.29 is 4.39 Å². The van der Waals surface area contributed by atoms with E-state index in [1.54, 1.807) is 6.07 Å². The summed E-state index contributed by atoms with van der Waals surface area (Å²) in [5.74, 6) is 0.736. The first-order valence-corrected chi connectivity index (χ1v) is 5.61. The molecule has 0 fully saturated rings. The van der Waals surface area contributed by atoms with Crippen LogP contribution >= 0.6 is 0 Å². The molecule has 0 saturated heterocycles. The molecular formula is C13H15FN4. The predicted octanol–water partition coefficient (Wildman–Crippen LogP) is 2.14. The van der Waals surface area contributed by atoms with Gasteiger partial charge in [0.15, 0.2) is 0 Å². The molecule has 0 amide bonds. The second-order valence-electron chi connectivity index (χ2n) is 4.21. The molecule has 0 unspecified atom stereocenters. The molecule has 18 heavy (non-hydrogen) atoms. The van der Waals surface area contributed by atoms with Gasteiger partial charge in [-0.1, -0.05) is 12.1 Å². The molecule has 2 N–H and O–H groups in total. The van der Waals surface area contributed by atoms with Gasteiger partial charge in [0.05, 0.1) is 0 Å². The fourth-order valence-corrected chi connectivity index (χ4v) is 1.76. The summed E-state index contributed by atoms with van der Waals surface area (Å²) in [5.41, 5.74) is 7.30. The zero-order chi connectivity index (χ0) is 13.1. The van der Waals surface area contributed by atoms with E-state index in [1.165, 1.54) is 12.1 Å². The quantitative estimate of drug-likeness (QED) is 0.901. The highest BCUT2D eigenvalue weighted by atomic mass is 19.1. The highest BCUT2D eigenvalue weighted by Gasteiger charge is 2.06. The molecule has 5 heteroatoms. The van der Waals surface area contributed by atoms with Crippen molar-refractivity contribution in [3.8, 4) is 0 Å². The van der Waals surface area contributed by atoms with Crippen molar-refractivity contribution in [3.05, 3.63) is 47.4 Å². The third kappa shape index (κ3) is 2.94. The van der Waals surface area contributed by atoms with Crippen LogP contribution in [-0.4, -0.2) is 17.0 Å². The molecule has 0 aliphatic carbocycles. The minimum Gasteiger partial charge on any atom is -0.368 e. The third-order valence-corrected chi connectivity index (χ3v) is 2.56. The maximum absolute atomic E-state index is 13.1. The van der Waals surface area contributed by atoms with Crippen LogP contribution in [0.25, 0.3) is 0 Å². The molecular weight excluding hydrogens is 231 g/mol. The number of rotatable bonds is 3. The molecule has 94 valence electrons. The van der Waals surface area contributed by atoms with Crippen LogP contribution in [0.2, 0.25) is 0 Å². The Balaban J connectivity index is 2.19. The lowest BCUT2D eigenvalue weighted by Crippen LogP contribution is -2.18. The van der Waals surface area contributed by atoms with Crippen LogP contribution in [0.1, 0.15) is 11.3 Å². The molecule has 0 saturated carbocycles. The average molecular weight is 246 g/mol. The summed E-state index contributed by atoms with van der Waals surface area (Å²) in [6.07, 6.45) is 0. The van der Waals surface area contributed by atoms with Gasteiger partial charge in [0.25, 0.3) is 0 Å². The van der Waals surface area contributed by atoms with Crippen LogP contribution < -0.4 is 10.6 Å². The molecule has 0 bridgehead atoms. The van der Waals surface area contributed by atoms with Crippen molar-refractivity contribution in [1.82, 2.24) is 9.97 Å². The van der Waals surface area contributed by atoms with Crippen molar-refractivity contribution in [2.45, 2.75) is 13.5 Å². The number of anilines is 2. The highest BCUT2D eigenvalue weighted by molar-refractivity contribution is 5.43. The van der Waals surface area contributed by atoms with E-state index in [2.05, 4.69) is 9.97 Å². The van der Waals surface area contributed by atoms with E-state index in [4.69, 9.17) is 5.73 Å². The van der Waals surface area contributed by atoms with Crippen molar-refractivity contribution in [2.75, 3.05) is 17.7 Å². The molecule has 0 aliphatic heterocycles. The Kier molecular flexibility index (Phi) is 3.41. The zero-order valence-electron chi connectivity index (χ0n) is 10.4. The maximum Gasteiger partial charge on any atom is 0.222 e. The van der Waals surface area contributed by atoms with Gasteiger partial charge in [0.1, 0.15) is 11.6 Å². The molecule has 1 aromatic heterocycles. The van der Waals surface area contributed by atoms with Crippen LogP contribution in [0.4, 0.5) is 16.2 Å². The van der Waals surface area contributed by atoms with E-state index in [0.29, 0.717) is 6.54 Å². The summed E-state index contributed by atoms with van der Waals surface area (Å²) in [5, 5.41) is 0. The molecule has 1 heterocycles. The summed E-state index contributed by atoms with van der Waals surface area (Å²) in [6.45, 7) is 2.42. The zero-order valence-corrected chi connectivity index (χ0v) is 10.4. The predicted molar refractivity (Wildman–Crippen MR) is 69.7 cm³/mol. The van der Waals surface area contributed by atoms with Gasteiger partial charge in [-0.15, -0.1) is 0 Å². The van der Waals surface area contributed by atoms with Crippen molar-refractivity contribution in [1.29, 1.82) is 0 Å². The summed E-state index contributed by atoms with van der Waals surface area (Å²) in [6, 6.07) is 8.34. The van der Waals surface area contributed by atoms with E-state index >= 15 is 0 Å². The number of aryl methyl sites for hydroxylation is 1. The monoisotopic (exact) mass is 246 g/mol. The second kappa shape index (κ2) is 5.00. The molecule has 0 aliphatic rings. The number of hydrogen-bond donors (Lipinski definition) is 1. The summed E-state index contributed by atoms with van der Waals surface area (Å²) in [4.78, 5) is 10.1. The third-order valence-electron chi connectivity index (χ3n) is 2.56.